The van der Waals surface area contributed by atoms with Crippen molar-refractivity contribution in [1.82, 2.24) is 5.32 Å². The summed E-state index contributed by atoms with van der Waals surface area (Å²) in [5.41, 5.74) is 1.47. The van der Waals surface area contributed by atoms with Crippen molar-refractivity contribution in [1.29, 1.82) is 0 Å². The van der Waals surface area contributed by atoms with Crippen molar-refractivity contribution in [2.45, 2.75) is 26.2 Å². The lowest BCUT2D eigenvalue weighted by atomic mass is 9.88. The molecule has 0 fully saturated rings. The quantitative estimate of drug-likeness (QED) is 0.543. The zero-order chi connectivity index (χ0) is 11.8. The van der Waals surface area contributed by atoms with Crippen LogP contribution in [0.25, 0.3) is 0 Å². The average molecular weight is 219 g/mol. The van der Waals surface area contributed by atoms with E-state index < -0.39 is 0 Å². The van der Waals surface area contributed by atoms with Gasteiger partial charge in [-0.05, 0) is 18.6 Å². The Balaban J connectivity index is 2.40. The molecule has 0 spiro atoms. The largest absolute Gasteiger partial charge is 0.449 e. The first kappa shape index (κ1) is 12.8. The second kappa shape index (κ2) is 7.07. The lowest BCUT2D eigenvalue weighted by Crippen LogP contribution is -2.25. The van der Waals surface area contributed by atoms with Crippen LogP contribution in [-0.2, 0) is 0 Å². The topological polar surface area (TPSA) is 49.3 Å². The Hall–Kier alpha value is -1.29. The van der Waals surface area contributed by atoms with Crippen LogP contribution in [0.4, 0.5) is 0 Å². The van der Waals surface area contributed by atoms with Gasteiger partial charge in [-0.2, -0.15) is 0 Å². The van der Waals surface area contributed by atoms with Crippen LogP contribution in [0.1, 0.15) is 36.5 Å². The van der Waals surface area contributed by atoms with Gasteiger partial charge >= 0.3 is 7.48 Å². The van der Waals surface area contributed by atoms with E-state index in [1.54, 1.807) is 24.3 Å². The van der Waals surface area contributed by atoms with Crippen molar-refractivity contribution < 1.29 is 9.82 Å². The Bertz CT molecular complexity index is 324. The summed E-state index contributed by atoms with van der Waals surface area (Å²) in [4.78, 5) is 11.6. The molecule has 0 unspecified atom stereocenters. The van der Waals surface area contributed by atoms with Gasteiger partial charge in [0.15, 0.2) is 0 Å². The van der Waals surface area contributed by atoms with Crippen molar-refractivity contribution in [3.8, 4) is 0 Å². The number of benzene rings is 1. The monoisotopic (exact) mass is 219 g/mol. The summed E-state index contributed by atoms with van der Waals surface area (Å²) in [6, 6.07) is 7.00. The molecule has 0 aromatic heterocycles. The third-order valence-electron chi connectivity index (χ3n) is 2.46. The maximum absolute atomic E-state index is 11.6. The van der Waals surface area contributed by atoms with E-state index in [2.05, 4.69) is 12.2 Å². The first-order valence-electron chi connectivity index (χ1n) is 5.76. The molecule has 0 heterocycles. The third-order valence-corrected chi connectivity index (χ3v) is 2.46. The van der Waals surface area contributed by atoms with Gasteiger partial charge in [-0.3, -0.25) is 4.79 Å². The van der Waals surface area contributed by atoms with Crippen LogP contribution in [-0.4, -0.2) is 25.0 Å². The second-order valence-corrected chi connectivity index (χ2v) is 3.82. The molecule has 16 heavy (non-hydrogen) atoms. The molecule has 0 aliphatic rings. The van der Waals surface area contributed by atoms with Gasteiger partial charge in [0.1, 0.15) is 0 Å². The summed E-state index contributed by atoms with van der Waals surface area (Å²) in [5, 5.41) is 11.7. The van der Waals surface area contributed by atoms with E-state index in [4.69, 9.17) is 5.02 Å². The number of amides is 1. The molecule has 0 atom stereocenters. The molecule has 1 amide bonds. The molecule has 2 N–H and O–H groups in total. The van der Waals surface area contributed by atoms with Gasteiger partial charge in [-0.1, -0.05) is 37.4 Å². The molecule has 0 radical (unpaired) electrons. The fraction of sp³-hybridized carbons (Fsp3) is 0.417. The Labute approximate surface area is 97.1 Å². The molecule has 1 rings (SSSR count). The van der Waals surface area contributed by atoms with Crippen LogP contribution in [0, 0.1) is 0 Å². The number of hydrogen-bond acceptors (Lipinski definition) is 2. The van der Waals surface area contributed by atoms with Gasteiger partial charge in [0.25, 0.3) is 5.91 Å². The van der Waals surface area contributed by atoms with Crippen LogP contribution in [0.5, 0.6) is 0 Å². The number of unbranched alkanes of at least 4 members (excludes halogenated alkanes) is 2. The highest BCUT2D eigenvalue weighted by Gasteiger charge is 2.04. The minimum Gasteiger partial charge on any atom is -0.449 e. The minimum absolute atomic E-state index is 0.0123. The molecule has 4 heteroatoms. The number of rotatable bonds is 6. The van der Waals surface area contributed by atoms with E-state index in [1.165, 1.54) is 0 Å². The molecule has 0 saturated carbocycles. The maximum Gasteiger partial charge on any atom is 0.304 e. The van der Waals surface area contributed by atoms with Crippen LogP contribution in [0.3, 0.4) is 0 Å². The van der Waals surface area contributed by atoms with Gasteiger partial charge in [0.2, 0.25) is 0 Å². The summed E-state index contributed by atoms with van der Waals surface area (Å²) in [6.07, 6.45) is 3.32. The summed E-state index contributed by atoms with van der Waals surface area (Å²) in [7, 11) is 0.0123. The first-order chi connectivity index (χ1) is 7.77. The fourth-order valence-corrected chi connectivity index (χ4v) is 1.44. The van der Waals surface area contributed by atoms with E-state index >= 15 is 0 Å². The highest BCUT2D eigenvalue weighted by molar-refractivity contribution is 6.45. The summed E-state index contributed by atoms with van der Waals surface area (Å²) in [5.74, 6) is -0.0411. The standard InChI is InChI=1S/C12H18BNO2/c1-2-3-4-9-14-12(15)10-5-7-11(13-16)8-6-10/h5-8,13,16H,2-4,9H2,1H3,(H,14,15). The molecule has 0 aliphatic carbocycles. The predicted molar refractivity (Wildman–Crippen MR) is 67.3 cm³/mol. The summed E-state index contributed by atoms with van der Waals surface area (Å²) in [6.45, 7) is 2.86. The summed E-state index contributed by atoms with van der Waals surface area (Å²) >= 11 is 0. The van der Waals surface area contributed by atoms with Crippen LogP contribution in [0.2, 0.25) is 0 Å². The Morgan fingerprint density at radius 1 is 1.31 bits per heavy atom. The average Bonchev–Trinajstić information content (AvgIpc) is 2.34. The number of carbonyl (C=O) groups excluding carboxylic acids is 1. The highest BCUT2D eigenvalue weighted by atomic mass is 16.2. The van der Waals surface area contributed by atoms with Crippen molar-refractivity contribution in [3.05, 3.63) is 29.8 Å². The molecule has 0 saturated heterocycles. The second-order valence-electron chi connectivity index (χ2n) is 3.82. The molecule has 0 aliphatic heterocycles. The normalized spacial score (nSPS) is 9.88. The maximum atomic E-state index is 11.6. The molecular weight excluding hydrogens is 201 g/mol. The van der Waals surface area contributed by atoms with Crippen LogP contribution >= 0.6 is 0 Å². The summed E-state index contributed by atoms with van der Waals surface area (Å²) < 4.78 is 0. The van der Waals surface area contributed by atoms with E-state index in [9.17, 15) is 4.79 Å². The zero-order valence-corrected chi connectivity index (χ0v) is 9.70. The van der Waals surface area contributed by atoms with Crippen molar-refractivity contribution in [2.75, 3.05) is 6.54 Å². The third kappa shape index (κ3) is 4.07. The van der Waals surface area contributed by atoms with Crippen molar-refractivity contribution >= 4 is 18.9 Å². The van der Waals surface area contributed by atoms with E-state index in [0.717, 1.165) is 31.3 Å². The smallest absolute Gasteiger partial charge is 0.304 e. The van der Waals surface area contributed by atoms with Gasteiger partial charge in [0.05, 0.1) is 0 Å². The van der Waals surface area contributed by atoms with Crippen LogP contribution < -0.4 is 10.8 Å². The lowest BCUT2D eigenvalue weighted by molar-refractivity contribution is 0.0953. The SMILES string of the molecule is CCCCCNC(=O)c1ccc(BO)cc1. The Morgan fingerprint density at radius 3 is 2.56 bits per heavy atom. The van der Waals surface area contributed by atoms with E-state index in [1.807, 2.05) is 0 Å². The first-order valence-corrected chi connectivity index (χ1v) is 5.76. The highest BCUT2D eigenvalue weighted by Crippen LogP contribution is 1.97. The predicted octanol–water partition coefficient (Wildman–Crippen LogP) is 0.576. The Morgan fingerprint density at radius 2 is 2.00 bits per heavy atom. The lowest BCUT2D eigenvalue weighted by Gasteiger charge is -2.04. The molecule has 3 nitrogen and oxygen atoms in total. The van der Waals surface area contributed by atoms with Gasteiger partial charge in [-0.15, -0.1) is 0 Å². The van der Waals surface area contributed by atoms with Crippen molar-refractivity contribution in [2.24, 2.45) is 0 Å². The Kier molecular flexibility index (Phi) is 5.64. The fourth-order valence-electron chi connectivity index (χ4n) is 1.44. The van der Waals surface area contributed by atoms with Crippen LogP contribution in [0.15, 0.2) is 24.3 Å². The van der Waals surface area contributed by atoms with Gasteiger partial charge in [0, 0.05) is 12.1 Å². The van der Waals surface area contributed by atoms with E-state index in [0.29, 0.717) is 5.56 Å². The molecule has 0 bridgehead atoms. The molecule has 86 valence electrons. The molecule has 1 aromatic rings. The number of carbonyl (C=O) groups is 1. The van der Waals surface area contributed by atoms with Gasteiger partial charge < -0.3 is 10.3 Å². The number of nitrogens with one attached hydrogen (secondary N) is 1. The minimum atomic E-state index is -0.0411. The van der Waals surface area contributed by atoms with Gasteiger partial charge in [-0.25, -0.2) is 0 Å². The van der Waals surface area contributed by atoms with Crippen molar-refractivity contribution in [3.63, 3.8) is 0 Å². The zero-order valence-electron chi connectivity index (χ0n) is 9.70. The molecular formula is C12H18BNO2. The number of hydrogen-bond donors (Lipinski definition) is 2. The van der Waals surface area contributed by atoms with E-state index in [-0.39, 0.29) is 13.4 Å². The molecule has 1 aromatic carbocycles.